The summed E-state index contributed by atoms with van der Waals surface area (Å²) in [5, 5.41) is 9.68. The number of aliphatic hydroxyl groups excluding tert-OH is 1. The van der Waals surface area contributed by atoms with Gasteiger partial charge < -0.3 is 15.6 Å². The van der Waals surface area contributed by atoms with Crippen molar-refractivity contribution in [2.75, 3.05) is 0 Å². The standard InChI is InChI=1S/C12H23NO3/c1-2-3-4-5-6-7-8-9(14)10-11(16-10)12(13)15/h9-11,14H,2-8H2,1H3,(H2,13,15)/t9?,10-,11-/m1/s1. The summed E-state index contributed by atoms with van der Waals surface area (Å²) in [4.78, 5) is 10.7. The molecule has 0 spiro atoms. The van der Waals surface area contributed by atoms with Gasteiger partial charge >= 0.3 is 0 Å². The van der Waals surface area contributed by atoms with Gasteiger partial charge in [0.15, 0.2) is 6.10 Å². The van der Waals surface area contributed by atoms with Crippen LogP contribution in [0, 0.1) is 0 Å². The molecule has 0 saturated carbocycles. The lowest BCUT2D eigenvalue weighted by Gasteiger charge is -2.06. The van der Waals surface area contributed by atoms with Crippen LogP contribution in [0.5, 0.6) is 0 Å². The second-order valence-electron chi connectivity index (χ2n) is 4.55. The number of epoxide rings is 1. The summed E-state index contributed by atoms with van der Waals surface area (Å²) in [6.45, 7) is 2.19. The van der Waals surface area contributed by atoms with Crippen LogP contribution < -0.4 is 5.73 Å². The van der Waals surface area contributed by atoms with Gasteiger partial charge in [-0.25, -0.2) is 0 Å². The van der Waals surface area contributed by atoms with Gasteiger partial charge in [-0.05, 0) is 6.42 Å². The maximum atomic E-state index is 10.7. The number of carbonyl (C=O) groups excluding carboxylic acids is 1. The lowest BCUT2D eigenvalue weighted by atomic mass is 10.0. The number of primary amides is 1. The highest BCUT2D eigenvalue weighted by molar-refractivity contribution is 5.81. The predicted octanol–water partition coefficient (Wildman–Crippen LogP) is 1.35. The van der Waals surface area contributed by atoms with Crippen LogP contribution in [0.1, 0.15) is 51.9 Å². The van der Waals surface area contributed by atoms with Gasteiger partial charge in [-0.15, -0.1) is 0 Å². The molecule has 1 fully saturated rings. The second kappa shape index (κ2) is 6.86. The molecule has 16 heavy (non-hydrogen) atoms. The van der Waals surface area contributed by atoms with Crippen LogP contribution in [0.3, 0.4) is 0 Å². The monoisotopic (exact) mass is 229 g/mol. The maximum Gasteiger partial charge on any atom is 0.249 e. The first-order valence-electron chi connectivity index (χ1n) is 6.29. The van der Waals surface area contributed by atoms with E-state index in [1.165, 1.54) is 25.7 Å². The molecule has 1 rings (SSSR count). The summed E-state index contributed by atoms with van der Waals surface area (Å²) in [5.41, 5.74) is 5.06. The number of unbranched alkanes of at least 4 members (excludes halogenated alkanes) is 5. The molecule has 1 amide bonds. The van der Waals surface area contributed by atoms with Gasteiger partial charge in [0, 0.05) is 0 Å². The highest BCUT2D eigenvalue weighted by atomic mass is 16.6. The van der Waals surface area contributed by atoms with Crippen LogP contribution >= 0.6 is 0 Å². The lowest BCUT2D eigenvalue weighted by Crippen LogP contribution is -2.25. The van der Waals surface area contributed by atoms with Crippen molar-refractivity contribution >= 4 is 5.91 Å². The fraction of sp³-hybridized carbons (Fsp3) is 0.917. The largest absolute Gasteiger partial charge is 0.390 e. The normalized spacial score (nSPS) is 25.4. The van der Waals surface area contributed by atoms with E-state index in [1.54, 1.807) is 0 Å². The molecule has 0 aromatic heterocycles. The smallest absolute Gasteiger partial charge is 0.249 e. The van der Waals surface area contributed by atoms with Crippen molar-refractivity contribution in [1.29, 1.82) is 0 Å². The highest BCUT2D eigenvalue weighted by Crippen LogP contribution is 2.27. The van der Waals surface area contributed by atoms with E-state index in [4.69, 9.17) is 10.5 Å². The summed E-state index contributed by atoms with van der Waals surface area (Å²) in [6.07, 6.45) is 6.48. The van der Waals surface area contributed by atoms with Gasteiger partial charge in [-0.1, -0.05) is 45.4 Å². The van der Waals surface area contributed by atoms with Crippen LogP contribution in [0.25, 0.3) is 0 Å². The van der Waals surface area contributed by atoms with E-state index in [1.807, 2.05) is 0 Å². The summed E-state index contributed by atoms with van der Waals surface area (Å²) in [6, 6.07) is 0. The maximum absolute atomic E-state index is 10.7. The minimum atomic E-state index is -0.546. The average molecular weight is 229 g/mol. The van der Waals surface area contributed by atoms with Gasteiger partial charge in [0.1, 0.15) is 6.10 Å². The van der Waals surface area contributed by atoms with Crippen molar-refractivity contribution in [3.8, 4) is 0 Å². The van der Waals surface area contributed by atoms with E-state index in [-0.39, 0.29) is 6.10 Å². The average Bonchev–Trinajstić information content (AvgIpc) is 3.02. The van der Waals surface area contributed by atoms with Crippen molar-refractivity contribution in [2.24, 2.45) is 5.73 Å². The van der Waals surface area contributed by atoms with Crippen molar-refractivity contribution in [3.05, 3.63) is 0 Å². The first kappa shape index (κ1) is 13.5. The zero-order valence-corrected chi connectivity index (χ0v) is 10.0. The van der Waals surface area contributed by atoms with Gasteiger partial charge in [0.2, 0.25) is 5.91 Å². The Morgan fingerprint density at radius 3 is 2.50 bits per heavy atom. The van der Waals surface area contributed by atoms with Gasteiger partial charge in [-0.3, -0.25) is 4.79 Å². The second-order valence-corrected chi connectivity index (χ2v) is 4.55. The summed E-state index contributed by atoms with van der Waals surface area (Å²) < 4.78 is 5.01. The fourth-order valence-electron chi connectivity index (χ4n) is 1.94. The number of ether oxygens (including phenoxy) is 1. The Kier molecular flexibility index (Phi) is 5.77. The minimum absolute atomic E-state index is 0.340. The Hall–Kier alpha value is -0.610. The quantitative estimate of drug-likeness (QED) is 0.463. The molecule has 0 aromatic carbocycles. The Morgan fingerprint density at radius 1 is 1.31 bits per heavy atom. The topological polar surface area (TPSA) is 75.8 Å². The number of hydrogen-bond donors (Lipinski definition) is 2. The van der Waals surface area contributed by atoms with Gasteiger partial charge in [0.25, 0.3) is 0 Å². The molecule has 3 N–H and O–H groups in total. The minimum Gasteiger partial charge on any atom is -0.390 e. The molecule has 1 aliphatic heterocycles. The van der Waals surface area contributed by atoms with E-state index in [0.717, 1.165) is 12.8 Å². The zero-order valence-electron chi connectivity index (χ0n) is 10.0. The first-order chi connectivity index (χ1) is 7.66. The third-order valence-corrected chi connectivity index (χ3v) is 3.04. The van der Waals surface area contributed by atoms with Crippen LogP contribution in [-0.4, -0.2) is 29.3 Å². The third-order valence-electron chi connectivity index (χ3n) is 3.04. The van der Waals surface area contributed by atoms with Crippen LogP contribution in [0.4, 0.5) is 0 Å². The SMILES string of the molecule is CCCCCCCCC(O)[C@H]1O[C@H]1C(N)=O. The molecule has 1 saturated heterocycles. The molecule has 1 aliphatic rings. The van der Waals surface area contributed by atoms with Crippen LogP contribution in [0.15, 0.2) is 0 Å². The number of hydrogen-bond acceptors (Lipinski definition) is 3. The van der Waals surface area contributed by atoms with E-state index in [0.29, 0.717) is 6.42 Å². The van der Waals surface area contributed by atoms with Crippen LogP contribution in [-0.2, 0) is 9.53 Å². The third kappa shape index (κ3) is 4.49. The fourth-order valence-corrected chi connectivity index (χ4v) is 1.94. The van der Waals surface area contributed by atoms with Crippen molar-refractivity contribution < 1.29 is 14.6 Å². The molecule has 0 radical (unpaired) electrons. The van der Waals surface area contributed by atoms with E-state index in [9.17, 15) is 9.90 Å². The Morgan fingerprint density at radius 2 is 1.94 bits per heavy atom. The van der Waals surface area contributed by atoms with E-state index < -0.39 is 18.1 Å². The molecule has 0 aromatic rings. The predicted molar refractivity (Wildman–Crippen MR) is 61.9 cm³/mol. The molecule has 94 valence electrons. The summed E-state index contributed by atoms with van der Waals surface area (Å²) in [7, 11) is 0. The summed E-state index contributed by atoms with van der Waals surface area (Å²) >= 11 is 0. The molecule has 1 heterocycles. The first-order valence-corrected chi connectivity index (χ1v) is 6.29. The molecule has 4 heteroatoms. The molecule has 0 bridgehead atoms. The number of aliphatic hydroxyl groups is 1. The Labute approximate surface area is 97.2 Å². The van der Waals surface area contributed by atoms with E-state index in [2.05, 4.69) is 6.92 Å². The number of carbonyl (C=O) groups is 1. The highest BCUT2D eigenvalue weighted by Gasteiger charge is 2.48. The molecule has 4 nitrogen and oxygen atoms in total. The number of nitrogens with two attached hydrogens (primary N) is 1. The molecular weight excluding hydrogens is 206 g/mol. The summed E-state index contributed by atoms with van der Waals surface area (Å²) in [5.74, 6) is -0.466. The lowest BCUT2D eigenvalue weighted by molar-refractivity contribution is -0.119. The van der Waals surface area contributed by atoms with Crippen LogP contribution in [0.2, 0.25) is 0 Å². The zero-order chi connectivity index (χ0) is 12.0. The molecule has 0 aliphatic carbocycles. The molecule has 1 unspecified atom stereocenters. The molecular formula is C12H23NO3. The number of rotatable bonds is 9. The van der Waals surface area contributed by atoms with E-state index >= 15 is 0 Å². The Balaban J connectivity index is 1.95. The van der Waals surface area contributed by atoms with Gasteiger partial charge in [0.05, 0.1) is 6.10 Å². The van der Waals surface area contributed by atoms with Gasteiger partial charge in [-0.2, -0.15) is 0 Å². The van der Waals surface area contributed by atoms with Crippen molar-refractivity contribution in [2.45, 2.75) is 70.2 Å². The Bertz CT molecular complexity index is 220. The van der Waals surface area contributed by atoms with Crippen molar-refractivity contribution in [3.63, 3.8) is 0 Å². The number of amides is 1. The van der Waals surface area contributed by atoms with Crippen molar-refractivity contribution in [1.82, 2.24) is 0 Å². The molecule has 3 atom stereocenters.